The molecule has 0 bridgehead atoms. The largest absolute Gasteiger partial charge is 0.300 e. The van der Waals surface area contributed by atoms with Crippen molar-refractivity contribution in [2.75, 3.05) is 0 Å². The van der Waals surface area contributed by atoms with Gasteiger partial charge in [0.25, 0.3) is 0 Å². The second kappa shape index (κ2) is 3.70. The van der Waals surface area contributed by atoms with Gasteiger partial charge in [0.15, 0.2) is 0 Å². The lowest BCUT2D eigenvalue weighted by Crippen LogP contribution is -2.34. The molecule has 1 aromatic carbocycles. The van der Waals surface area contributed by atoms with Gasteiger partial charge in [-0.3, -0.25) is 4.79 Å². The molecule has 2 heteroatoms. The van der Waals surface area contributed by atoms with Gasteiger partial charge in [-0.05, 0) is 5.56 Å². The van der Waals surface area contributed by atoms with Crippen LogP contribution in [0, 0.1) is 16.7 Å². The summed E-state index contributed by atoms with van der Waals surface area (Å²) in [4.78, 5) is 10.9. The van der Waals surface area contributed by atoms with Crippen LogP contribution in [0.2, 0.25) is 0 Å². The molecular formula is C13H11NO. The van der Waals surface area contributed by atoms with Crippen molar-refractivity contribution in [1.82, 2.24) is 0 Å². The summed E-state index contributed by atoms with van der Waals surface area (Å²) in [5.41, 5.74) is 0.527. The standard InChI is InChI=1S/C13H11NO/c14-10-13(8-12(15)9-13)7-6-11-4-2-1-3-5-11/h1-7H,8-9H2/b7-6+. The maximum Gasteiger partial charge on any atom is 0.136 e. The first-order valence-corrected chi connectivity index (χ1v) is 4.91. The monoisotopic (exact) mass is 197 g/mol. The lowest BCUT2D eigenvalue weighted by molar-refractivity contribution is -0.127. The highest BCUT2D eigenvalue weighted by Gasteiger charge is 2.41. The average molecular weight is 197 g/mol. The molecule has 1 fully saturated rings. The summed E-state index contributed by atoms with van der Waals surface area (Å²) in [6.45, 7) is 0. The third kappa shape index (κ3) is 1.97. The number of benzene rings is 1. The minimum Gasteiger partial charge on any atom is -0.300 e. The summed E-state index contributed by atoms with van der Waals surface area (Å²) in [6, 6.07) is 12.0. The van der Waals surface area contributed by atoms with Crippen molar-refractivity contribution in [3.05, 3.63) is 42.0 Å². The van der Waals surface area contributed by atoms with Crippen LogP contribution in [0.15, 0.2) is 36.4 Å². The van der Waals surface area contributed by atoms with Crippen molar-refractivity contribution in [1.29, 1.82) is 5.26 Å². The molecule has 2 nitrogen and oxygen atoms in total. The van der Waals surface area contributed by atoms with Crippen molar-refractivity contribution in [2.45, 2.75) is 12.8 Å². The molecule has 0 unspecified atom stereocenters. The van der Waals surface area contributed by atoms with Gasteiger partial charge in [0.1, 0.15) is 5.78 Å². The van der Waals surface area contributed by atoms with Gasteiger partial charge in [-0.15, -0.1) is 0 Å². The molecule has 1 saturated carbocycles. The first-order valence-electron chi connectivity index (χ1n) is 4.91. The number of Topliss-reactive ketones (excluding diaryl/α,β-unsaturated/α-hetero) is 1. The van der Waals surface area contributed by atoms with Crippen molar-refractivity contribution in [3.63, 3.8) is 0 Å². The number of allylic oxidation sites excluding steroid dienone is 1. The van der Waals surface area contributed by atoms with E-state index in [0.717, 1.165) is 5.56 Å². The number of carbonyl (C=O) groups excluding carboxylic acids is 1. The quantitative estimate of drug-likeness (QED) is 0.731. The third-order valence-electron chi connectivity index (χ3n) is 2.64. The summed E-state index contributed by atoms with van der Waals surface area (Å²) >= 11 is 0. The van der Waals surface area contributed by atoms with Gasteiger partial charge in [-0.2, -0.15) is 5.26 Å². The van der Waals surface area contributed by atoms with Crippen LogP contribution in [0.1, 0.15) is 18.4 Å². The predicted octanol–water partition coefficient (Wildman–Crippen LogP) is 2.57. The fourth-order valence-corrected chi connectivity index (χ4v) is 1.71. The highest BCUT2D eigenvalue weighted by atomic mass is 16.1. The third-order valence-corrected chi connectivity index (χ3v) is 2.64. The Morgan fingerprint density at radius 1 is 1.27 bits per heavy atom. The molecule has 0 N–H and O–H groups in total. The number of ketones is 1. The number of nitrogens with zero attached hydrogens (tertiary/aromatic N) is 1. The fourth-order valence-electron chi connectivity index (χ4n) is 1.71. The first kappa shape index (κ1) is 9.67. The molecule has 2 rings (SSSR count). The summed E-state index contributed by atoms with van der Waals surface area (Å²) < 4.78 is 0. The Bertz CT molecular complexity index is 431. The summed E-state index contributed by atoms with van der Waals surface area (Å²) in [7, 11) is 0. The van der Waals surface area contributed by atoms with E-state index in [1.54, 1.807) is 0 Å². The van der Waals surface area contributed by atoms with E-state index in [2.05, 4.69) is 6.07 Å². The number of hydrogen-bond acceptors (Lipinski definition) is 2. The van der Waals surface area contributed by atoms with Crippen LogP contribution in [-0.2, 0) is 4.79 Å². The molecule has 0 atom stereocenters. The van der Waals surface area contributed by atoms with E-state index < -0.39 is 5.41 Å². The molecule has 0 amide bonds. The maximum absolute atomic E-state index is 10.9. The Morgan fingerprint density at radius 2 is 1.93 bits per heavy atom. The summed E-state index contributed by atoms with van der Waals surface area (Å²) in [6.07, 6.45) is 4.50. The topological polar surface area (TPSA) is 40.9 Å². The number of nitriles is 1. The van der Waals surface area contributed by atoms with Crippen LogP contribution in [-0.4, -0.2) is 5.78 Å². The van der Waals surface area contributed by atoms with Crippen molar-refractivity contribution >= 4 is 11.9 Å². The molecular weight excluding hydrogens is 186 g/mol. The van der Waals surface area contributed by atoms with Crippen LogP contribution in [0.5, 0.6) is 0 Å². The molecule has 74 valence electrons. The molecule has 0 aromatic heterocycles. The van der Waals surface area contributed by atoms with E-state index in [0.29, 0.717) is 12.8 Å². The predicted molar refractivity (Wildman–Crippen MR) is 57.8 cm³/mol. The van der Waals surface area contributed by atoms with E-state index in [1.165, 1.54) is 0 Å². The zero-order valence-corrected chi connectivity index (χ0v) is 8.31. The smallest absolute Gasteiger partial charge is 0.136 e. The minimum absolute atomic E-state index is 0.175. The van der Waals surface area contributed by atoms with E-state index in [4.69, 9.17) is 5.26 Å². The Kier molecular flexibility index (Phi) is 2.39. The molecule has 0 saturated heterocycles. The van der Waals surface area contributed by atoms with Crippen molar-refractivity contribution in [2.24, 2.45) is 5.41 Å². The van der Waals surface area contributed by atoms with Gasteiger partial charge < -0.3 is 0 Å². The normalized spacial score (nSPS) is 18.5. The van der Waals surface area contributed by atoms with E-state index in [9.17, 15) is 4.79 Å². The number of rotatable bonds is 2. The lowest BCUT2D eigenvalue weighted by atomic mass is 9.69. The summed E-state index contributed by atoms with van der Waals surface area (Å²) in [5.74, 6) is 0.175. The van der Waals surface area contributed by atoms with Crippen molar-refractivity contribution in [3.8, 4) is 6.07 Å². The zero-order chi connectivity index (χ0) is 10.7. The van der Waals surface area contributed by atoms with Gasteiger partial charge in [0.05, 0.1) is 11.5 Å². The SMILES string of the molecule is N#CC1(/C=C/c2ccccc2)CC(=O)C1. The summed E-state index contributed by atoms with van der Waals surface area (Å²) in [5, 5.41) is 8.98. The second-order valence-corrected chi connectivity index (χ2v) is 3.90. The van der Waals surface area contributed by atoms with Crippen LogP contribution < -0.4 is 0 Å². The fraction of sp³-hybridized carbons (Fsp3) is 0.231. The van der Waals surface area contributed by atoms with Gasteiger partial charge in [0, 0.05) is 12.8 Å². The Hall–Kier alpha value is -1.88. The molecule has 0 aliphatic heterocycles. The first-order chi connectivity index (χ1) is 7.24. The van der Waals surface area contributed by atoms with E-state index in [-0.39, 0.29) is 5.78 Å². The molecule has 1 aliphatic rings. The van der Waals surface area contributed by atoms with Crippen LogP contribution in [0.25, 0.3) is 6.08 Å². The number of carbonyl (C=O) groups is 1. The maximum atomic E-state index is 10.9. The minimum atomic E-state index is -0.535. The van der Waals surface area contributed by atoms with Crippen LogP contribution >= 0.6 is 0 Å². The zero-order valence-electron chi connectivity index (χ0n) is 8.31. The van der Waals surface area contributed by atoms with Gasteiger partial charge in [-0.1, -0.05) is 42.5 Å². The van der Waals surface area contributed by atoms with Gasteiger partial charge >= 0.3 is 0 Å². The molecule has 1 aromatic rings. The molecule has 15 heavy (non-hydrogen) atoms. The van der Waals surface area contributed by atoms with Crippen LogP contribution in [0.4, 0.5) is 0 Å². The number of hydrogen-bond donors (Lipinski definition) is 0. The molecule has 0 spiro atoms. The van der Waals surface area contributed by atoms with E-state index in [1.807, 2.05) is 42.5 Å². The van der Waals surface area contributed by atoms with Gasteiger partial charge in [-0.25, -0.2) is 0 Å². The van der Waals surface area contributed by atoms with Gasteiger partial charge in [0.2, 0.25) is 0 Å². The Morgan fingerprint density at radius 3 is 2.47 bits per heavy atom. The van der Waals surface area contributed by atoms with Crippen LogP contribution in [0.3, 0.4) is 0 Å². The highest BCUT2D eigenvalue weighted by Crippen LogP contribution is 2.39. The van der Waals surface area contributed by atoms with Crippen molar-refractivity contribution < 1.29 is 4.79 Å². The Labute approximate surface area is 88.8 Å². The highest BCUT2D eigenvalue weighted by molar-refractivity contribution is 5.88. The molecule has 0 radical (unpaired) electrons. The average Bonchev–Trinajstić information content (AvgIpc) is 2.24. The Balaban J connectivity index is 2.12. The second-order valence-electron chi connectivity index (χ2n) is 3.90. The molecule has 0 heterocycles. The molecule has 1 aliphatic carbocycles. The lowest BCUT2D eigenvalue weighted by Gasteiger charge is -2.30. The van der Waals surface area contributed by atoms with E-state index >= 15 is 0 Å².